The molecule has 1 aromatic carbocycles. The molecular formula is C11H12Cl2O2S. The van der Waals surface area contributed by atoms with Crippen LogP contribution in [-0.4, -0.2) is 16.3 Å². The zero-order valence-electron chi connectivity index (χ0n) is 8.74. The van der Waals surface area contributed by atoms with Gasteiger partial charge < -0.3 is 5.11 Å². The largest absolute Gasteiger partial charge is 0.480 e. The molecule has 0 aliphatic rings. The summed E-state index contributed by atoms with van der Waals surface area (Å²) in [4.78, 5) is 10.8. The Bertz CT molecular complexity index is 382. The minimum Gasteiger partial charge on any atom is -0.480 e. The number of carboxylic acid groups (broad SMARTS) is 1. The molecule has 16 heavy (non-hydrogen) atoms. The molecule has 5 heteroatoms. The number of thioether (sulfide) groups is 1. The molecule has 0 radical (unpaired) electrons. The van der Waals surface area contributed by atoms with Crippen LogP contribution < -0.4 is 0 Å². The van der Waals surface area contributed by atoms with E-state index in [-0.39, 0.29) is 0 Å². The molecule has 0 fully saturated rings. The van der Waals surface area contributed by atoms with Gasteiger partial charge in [-0.05, 0) is 30.2 Å². The predicted molar refractivity (Wildman–Crippen MR) is 69.5 cm³/mol. The van der Waals surface area contributed by atoms with Crippen molar-refractivity contribution >= 4 is 40.9 Å². The Morgan fingerprint density at radius 1 is 1.50 bits per heavy atom. The predicted octanol–water partition coefficient (Wildman–Crippen LogP) is 4.09. The average Bonchev–Trinajstić information content (AvgIpc) is 2.23. The summed E-state index contributed by atoms with van der Waals surface area (Å²) in [6.07, 6.45) is 0.595. The fourth-order valence-electron chi connectivity index (χ4n) is 1.21. The van der Waals surface area contributed by atoms with Crippen molar-refractivity contribution in [3.05, 3.63) is 33.8 Å². The molecule has 1 atom stereocenters. The Labute approximate surface area is 109 Å². The third kappa shape index (κ3) is 3.89. The highest BCUT2D eigenvalue weighted by atomic mass is 35.5. The van der Waals surface area contributed by atoms with E-state index in [0.717, 1.165) is 5.56 Å². The molecule has 0 aromatic heterocycles. The van der Waals surface area contributed by atoms with E-state index in [9.17, 15) is 4.79 Å². The summed E-state index contributed by atoms with van der Waals surface area (Å²) in [7, 11) is 0. The lowest BCUT2D eigenvalue weighted by Crippen LogP contribution is -2.15. The third-order valence-corrected chi connectivity index (χ3v) is 4.11. The van der Waals surface area contributed by atoms with Gasteiger partial charge in [-0.2, -0.15) is 0 Å². The second-order valence-electron chi connectivity index (χ2n) is 3.28. The number of halogens is 2. The molecule has 0 heterocycles. The first-order chi connectivity index (χ1) is 7.54. The molecule has 0 bridgehead atoms. The van der Waals surface area contributed by atoms with Crippen LogP contribution in [0.2, 0.25) is 10.0 Å². The molecule has 2 nitrogen and oxygen atoms in total. The first-order valence-electron chi connectivity index (χ1n) is 4.83. The molecule has 0 saturated heterocycles. The zero-order chi connectivity index (χ0) is 12.1. The van der Waals surface area contributed by atoms with Crippen LogP contribution in [0, 0.1) is 0 Å². The molecule has 1 unspecified atom stereocenters. The average molecular weight is 279 g/mol. The molecule has 0 aliphatic heterocycles. The minimum atomic E-state index is -0.786. The summed E-state index contributed by atoms with van der Waals surface area (Å²) < 4.78 is 0. The van der Waals surface area contributed by atoms with E-state index in [4.69, 9.17) is 28.3 Å². The van der Waals surface area contributed by atoms with Crippen molar-refractivity contribution in [1.29, 1.82) is 0 Å². The topological polar surface area (TPSA) is 37.3 Å². The summed E-state index contributed by atoms with van der Waals surface area (Å²) in [5, 5.41) is 9.74. The van der Waals surface area contributed by atoms with Gasteiger partial charge in [-0.1, -0.05) is 30.1 Å². The lowest BCUT2D eigenvalue weighted by molar-refractivity contribution is -0.136. The Kier molecular flexibility index (Phi) is 5.46. The van der Waals surface area contributed by atoms with E-state index in [1.165, 1.54) is 11.8 Å². The van der Waals surface area contributed by atoms with Gasteiger partial charge in [0.15, 0.2) is 0 Å². The van der Waals surface area contributed by atoms with Crippen molar-refractivity contribution in [1.82, 2.24) is 0 Å². The SMILES string of the molecule is CCC(SCc1cc(Cl)ccc1Cl)C(=O)O. The van der Waals surface area contributed by atoms with Crippen LogP contribution in [0.3, 0.4) is 0 Å². The number of hydrogen-bond acceptors (Lipinski definition) is 2. The monoisotopic (exact) mass is 278 g/mol. The lowest BCUT2D eigenvalue weighted by Gasteiger charge is -2.10. The number of carboxylic acids is 1. The van der Waals surface area contributed by atoms with Crippen molar-refractivity contribution in [2.45, 2.75) is 24.3 Å². The van der Waals surface area contributed by atoms with E-state index in [2.05, 4.69) is 0 Å². The lowest BCUT2D eigenvalue weighted by atomic mass is 10.2. The number of carbonyl (C=O) groups is 1. The van der Waals surface area contributed by atoms with Gasteiger partial charge in [-0.3, -0.25) is 4.79 Å². The Hall–Kier alpha value is -0.380. The van der Waals surface area contributed by atoms with E-state index in [1.807, 2.05) is 6.92 Å². The van der Waals surface area contributed by atoms with Crippen molar-refractivity contribution in [2.75, 3.05) is 0 Å². The van der Waals surface area contributed by atoms with Crippen LogP contribution in [0.4, 0.5) is 0 Å². The van der Waals surface area contributed by atoms with E-state index in [1.54, 1.807) is 18.2 Å². The Balaban J connectivity index is 2.66. The highest BCUT2D eigenvalue weighted by Crippen LogP contribution is 2.27. The van der Waals surface area contributed by atoms with Crippen molar-refractivity contribution in [3.63, 3.8) is 0 Å². The fraction of sp³-hybridized carbons (Fsp3) is 0.364. The molecule has 88 valence electrons. The van der Waals surface area contributed by atoms with Crippen molar-refractivity contribution in [3.8, 4) is 0 Å². The van der Waals surface area contributed by atoms with Crippen molar-refractivity contribution < 1.29 is 9.90 Å². The maximum atomic E-state index is 10.8. The first-order valence-corrected chi connectivity index (χ1v) is 6.63. The molecule has 0 aliphatic carbocycles. The van der Waals surface area contributed by atoms with Gasteiger partial charge in [-0.25, -0.2) is 0 Å². The van der Waals surface area contributed by atoms with E-state index < -0.39 is 11.2 Å². The summed E-state index contributed by atoms with van der Waals surface area (Å²) >= 11 is 13.2. The number of aliphatic carboxylic acids is 1. The van der Waals surface area contributed by atoms with Crippen LogP contribution >= 0.6 is 35.0 Å². The summed E-state index contributed by atoms with van der Waals surface area (Å²) in [6.45, 7) is 1.85. The van der Waals surface area contributed by atoms with Gasteiger partial charge in [-0.15, -0.1) is 11.8 Å². The maximum Gasteiger partial charge on any atom is 0.316 e. The van der Waals surface area contributed by atoms with Gasteiger partial charge in [0.25, 0.3) is 0 Å². The number of rotatable bonds is 5. The van der Waals surface area contributed by atoms with Gasteiger partial charge in [0, 0.05) is 15.8 Å². The molecule has 1 rings (SSSR count). The number of hydrogen-bond donors (Lipinski definition) is 1. The second kappa shape index (κ2) is 6.38. The summed E-state index contributed by atoms with van der Waals surface area (Å²) in [5.74, 6) is -0.227. The quantitative estimate of drug-likeness (QED) is 0.882. The minimum absolute atomic E-state index is 0.393. The van der Waals surface area contributed by atoms with Crippen LogP contribution in [0.5, 0.6) is 0 Å². The fourth-order valence-corrected chi connectivity index (χ4v) is 2.66. The summed E-state index contributed by atoms with van der Waals surface area (Å²) in [5.41, 5.74) is 0.874. The van der Waals surface area contributed by atoms with E-state index in [0.29, 0.717) is 22.2 Å². The smallest absolute Gasteiger partial charge is 0.316 e. The first kappa shape index (κ1) is 13.7. The maximum absolute atomic E-state index is 10.8. The van der Waals surface area contributed by atoms with Gasteiger partial charge in [0.05, 0.1) is 0 Å². The van der Waals surface area contributed by atoms with Gasteiger partial charge in [0.2, 0.25) is 0 Å². The normalized spacial score (nSPS) is 12.4. The molecule has 0 saturated carbocycles. The molecule has 0 amide bonds. The standard InChI is InChI=1S/C11H12Cl2O2S/c1-2-10(11(14)15)16-6-7-5-8(12)3-4-9(7)13/h3-5,10H,2,6H2,1H3,(H,14,15). The molecule has 1 aromatic rings. The van der Waals surface area contributed by atoms with Crippen LogP contribution in [0.25, 0.3) is 0 Å². The Morgan fingerprint density at radius 3 is 2.75 bits per heavy atom. The van der Waals surface area contributed by atoms with Gasteiger partial charge >= 0.3 is 5.97 Å². The highest BCUT2D eigenvalue weighted by molar-refractivity contribution is 7.99. The summed E-state index contributed by atoms with van der Waals surface area (Å²) in [6, 6.07) is 5.21. The molecule has 0 spiro atoms. The molecular weight excluding hydrogens is 267 g/mol. The van der Waals surface area contributed by atoms with Crippen LogP contribution in [0.1, 0.15) is 18.9 Å². The highest BCUT2D eigenvalue weighted by Gasteiger charge is 2.15. The number of benzene rings is 1. The zero-order valence-corrected chi connectivity index (χ0v) is 11.1. The van der Waals surface area contributed by atoms with Crippen LogP contribution in [0.15, 0.2) is 18.2 Å². The third-order valence-electron chi connectivity index (χ3n) is 2.09. The van der Waals surface area contributed by atoms with E-state index >= 15 is 0 Å². The van der Waals surface area contributed by atoms with Crippen molar-refractivity contribution in [2.24, 2.45) is 0 Å². The second-order valence-corrected chi connectivity index (χ2v) is 5.32. The molecule has 1 N–H and O–H groups in total. The van der Waals surface area contributed by atoms with Crippen LogP contribution in [-0.2, 0) is 10.5 Å². The Morgan fingerprint density at radius 2 is 2.19 bits per heavy atom. The van der Waals surface area contributed by atoms with Gasteiger partial charge in [0.1, 0.15) is 5.25 Å².